The first kappa shape index (κ1) is 21.0. The van der Waals surface area contributed by atoms with Gasteiger partial charge in [0, 0.05) is 29.9 Å². The molecule has 0 bridgehead atoms. The number of sulfonamides is 1. The number of carbonyl (C=O) groups excluding carboxylic acids is 1. The number of anilines is 2. The minimum absolute atomic E-state index is 0.0280. The lowest BCUT2D eigenvalue weighted by Crippen LogP contribution is -2.36. The van der Waals surface area contributed by atoms with Gasteiger partial charge in [0.15, 0.2) is 11.6 Å². The predicted octanol–water partition coefficient (Wildman–Crippen LogP) is 2.98. The maximum absolute atomic E-state index is 12.8. The van der Waals surface area contributed by atoms with Crippen molar-refractivity contribution in [1.29, 1.82) is 0 Å². The minimum atomic E-state index is -3.85. The maximum atomic E-state index is 12.8. The smallest absolute Gasteiger partial charge is 0.261 e. The van der Waals surface area contributed by atoms with Crippen LogP contribution in [0.15, 0.2) is 65.6 Å². The number of ketones is 1. The second kappa shape index (κ2) is 8.83. The summed E-state index contributed by atoms with van der Waals surface area (Å²) < 4.78 is 33.5. The van der Waals surface area contributed by atoms with Crippen LogP contribution in [0.25, 0.3) is 11.3 Å². The van der Waals surface area contributed by atoms with E-state index in [1.807, 2.05) is 18.2 Å². The fourth-order valence-electron chi connectivity index (χ4n) is 3.28. The van der Waals surface area contributed by atoms with Crippen molar-refractivity contribution in [2.75, 3.05) is 35.9 Å². The van der Waals surface area contributed by atoms with Gasteiger partial charge in [-0.1, -0.05) is 24.3 Å². The van der Waals surface area contributed by atoms with Gasteiger partial charge in [0.05, 0.1) is 23.8 Å². The second-order valence-corrected chi connectivity index (χ2v) is 8.83. The fourth-order valence-corrected chi connectivity index (χ4v) is 4.37. The van der Waals surface area contributed by atoms with E-state index in [4.69, 9.17) is 4.74 Å². The first-order valence-electron chi connectivity index (χ1n) is 9.83. The minimum Gasteiger partial charge on any atom is -0.378 e. The molecule has 0 unspecified atom stereocenters. The molecule has 9 heteroatoms. The number of rotatable bonds is 6. The van der Waals surface area contributed by atoms with Gasteiger partial charge in [-0.2, -0.15) is 0 Å². The fraction of sp³-hybridized carbons (Fsp3) is 0.227. The standard InChI is InChI=1S/C22H22N4O4S/c1-16(27)17-4-3-7-20(15-17)31(28,29)25-19-6-2-5-18(14-19)21-8-9-22(24-23-21)26-10-12-30-13-11-26/h2-9,14-15,25H,10-13H2,1H3. The highest BCUT2D eigenvalue weighted by Gasteiger charge is 2.17. The van der Waals surface area contributed by atoms with E-state index in [2.05, 4.69) is 19.8 Å². The summed E-state index contributed by atoms with van der Waals surface area (Å²) >= 11 is 0. The lowest BCUT2D eigenvalue weighted by atomic mass is 10.1. The topological polar surface area (TPSA) is 101 Å². The van der Waals surface area contributed by atoms with Gasteiger partial charge in [-0.3, -0.25) is 9.52 Å². The number of aromatic nitrogens is 2. The van der Waals surface area contributed by atoms with E-state index < -0.39 is 10.0 Å². The number of Topliss-reactive ketones (excluding diaryl/α,β-unsaturated/α-hetero) is 1. The molecule has 3 aromatic rings. The first-order valence-corrected chi connectivity index (χ1v) is 11.3. The van der Waals surface area contributed by atoms with E-state index >= 15 is 0 Å². The number of morpholine rings is 1. The Morgan fingerprint density at radius 1 is 1.00 bits per heavy atom. The van der Waals surface area contributed by atoms with Crippen LogP contribution in [-0.4, -0.2) is 50.7 Å². The number of ether oxygens (including phenoxy) is 1. The van der Waals surface area contributed by atoms with Gasteiger partial charge in [0.2, 0.25) is 0 Å². The number of benzene rings is 2. The Labute approximate surface area is 180 Å². The van der Waals surface area contributed by atoms with Crippen molar-refractivity contribution >= 4 is 27.3 Å². The van der Waals surface area contributed by atoms with Crippen LogP contribution in [0.2, 0.25) is 0 Å². The summed E-state index contributed by atoms with van der Waals surface area (Å²) in [6.07, 6.45) is 0. The molecule has 2 aromatic carbocycles. The third kappa shape index (κ3) is 4.89. The summed E-state index contributed by atoms with van der Waals surface area (Å²) in [5.74, 6) is 0.590. The van der Waals surface area contributed by atoms with Crippen molar-refractivity contribution in [2.24, 2.45) is 0 Å². The van der Waals surface area contributed by atoms with E-state index in [9.17, 15) is 13.2 Å². The summed E-state index contributed by atoms with van der Waals surface area (Å²) in [7, 11) is -3.85. The Morgan fingerprint density at radius 2 is 1.77 bits per heavy atom. The Bertz CT molecular complexity index is 1190. The van der Waals surface area contributed by atoms with Crippen molar-refractivity contribution in [3.63, 3.8) is 0 Å². The highest BCUT2D eigenvalue weighted by molar-refractivity contribution is 7.92. The Morgan fingerprint density at radius 3 is 2.48 bits per heavy atom. The molecule has 0 spiro atoms. The summed E-state index contributed by atoms with van der Waals surface area (Å²) in [6.45, 7) is 4.28. The number of carbonyl (C=O) groups is 1. The molecule has 0 atom stereocenters. The molecule has 1 N–H and O–H groups in total. The average Bonchev–Trinajstić information content (AvgIpc) is 2.80. The third-order valence-electron chi connectivity index (χ3n) is 4.95. The molecule has 1 aliphatic rings. The first-order chi connectivity index (χ1) is 14.9. The van der Waals surface area contributed by atoms with Gasteiger partial charge in [0.1, 0.15) is 0 Å². The highest BCUT2D eigenvalue weighted by Crippen LogP contribution is 2.24. The largest absolute Gasteiger partial charge is 0.378 e. The summed E-state index contributed by atoms with van der Waals surface area (Å²) in [5.41, 5.74) is 2.10. The van der Waals surface area contributed by atoms with Crippen molar-refractivity contribution in [2.45, 2.75) is 11.8 Å². The SMILES string of the molecule is CC(=O)c1cccc(S(=O)(=O)Nc2cccc(-c3ccc(N4CCOCC4)nn3)c2)c1. The maximum Gasteiger partial charge on any atom is 0.261 e. The molecule has 0 radical (unpaired) electrons. The second-order valence-electron chi connectivity index (χ2n) is 7.15. The molecule has 1 aromatic heterocycles. The summed E-state index contributed by atoms with van der Waals surface area (Å²) in [5, 5.41) is 8.61. The van der Waals surface area contributed by atoms with Crippen molar-refractivity contribution in [1.82, 2.24) is 10.2 Å². The Balaban J connectivity index is 1.54. The number of hydrogen-bond donors (Lipinski definition) is 1. The summed E-state index contributed by atoms with van der Waals surface area (Å²) in [4.78, 5) is 13.7. The van der Waals surface area contributed by atoms with Gasteiger partial charge < -0.3 is 9.64 Å². The van der Waals surface area contributed by atoms with Gasteiger partial charge in [-0.05, 0) is 43.3 Å². The van der Waals surface area contributed by atoms with E-state index in [0.29, 0.717) is 30.2 Å². The van der Waals surface area contributed by atoms with Gasteiger partial charge in [-0.15, -0.1) is 10.2 Å². The van der Waals surface area contributed by atoms with Crippen LogP contribution in [0.1, 0.15) is 17.3 Å². The normalized spacial score (nSPS) is 14.3. The zero-order chi connectivity index (χ0) is 21.8. The van der Waals surface area contributed by atoms with Crippen LogP contribution in [0.5, 0.6) is 0 Å². The van der Waals surface area contributed by atoms with Crippen LogP contribution in [0.3, 0.4) is 0 Å². The zero-order valence-corrected chi connectivity index (χ0v) is 17.8. The van der Waals surface area contributed by atoms with Crippen LogP contribution in [0, 0.1) is 0 Å². The number of nitrogens with zero attached hydrogens (tertiary/aromatic N) is 3. The van der Waals surface area contributed by atoms with Crippen LogP contribution in [0.4, 0.5) is 11.5 Å². The molecular formula is C22H22N4O4S. The molecule has 1 aliphatic heterocycles. The summed E-state index contributed by atoms with van der Waals surface area (Å²) in [6, 6.07) is 16.7. The molecule has 0 saturated carbocycles. The Kier molecular flexibility index (Phi) is 5.97. The average molecular weight is 439 g/mol. The van der Waals surface area contributed by atoms with Crippen molar-refractivity contribution in [3.8, 4) is 11.3 Å². The zero-order valence-electron chi connectivity index (χ0n) is 17.0. The highest BCUT2D eigenvalue weighted by atomic mass is 32.2. The van der Waals surface area contributed by atoms with Crippen LogP contribution < -0.4 is 9.62 Å². The third-order valence-corrected chi connectivity index (χ3v) is 6.33. The molecule has 4 rings (SSSR count). The van der Waals surface area contributed by atoms with E-state index in [1.165, 1.54) is 19.1 Å². The van der Waals surface area contributed by atoms with Crippen molar-refractivity contribution < 1.29 is 17.9 Å². The number of hydrogen-bond acceptors (Lipinski definition) is 7. The molecule has 2 heterocycles. The molecule has 31 heavy (non-hydrogen) atoms. The molecule has 1 saturated heterocycles. The molecule has 160 valence electrons. The van der Waals surface area contributed by atoms with Crippen LogP contribution in [-0.2, 0) is 14.8 Å². The molecule has 8 nitrogen and oxygen atoms in total. The molecule has 0 amide bonds. The quantitative estimate of drug-likeness (QED) is 0.590. The molecule has 0 aliphatic carbocycles. The van der Waals surface area contributed by atoms with E-state index in [-0.39, 0.29) is 10.7 Å². The predicted molar refractivity (Wildman–Crippen MR) is 118 cm³/mol. The van der Waals surface area contributed by atoms with Gasteiger partial charge in [0.25, 0.3) is 10.0 Å². The monoisotopic (exact) mass is 438 g/mol. The van der Waals surface area contributed by atoms with E-state index in [1.54, 1.807) is 30.3 Å². The molecule has 1 fully saturated rings. The van der Waals surface area contributed by atoms with Gasteiger partial charge >= 0.3 is 0 Å². The van der Waals surface area contributed by atoms with Crippen LogP contribution >= 0.6 is 0 Å². The van der Waals surface area contributed by atoms with Gasteiger partial charge in [-0.25, -0.2) is 8.42 Å². The number of nitrogens with one attached hydrogen (secondary N) is 1. The molecular weight excluding hydrogens is 416 g/mol. The Hall–Kier alpha value is -3.30. The lowest BCUT2D eigenvalue weighted by molar-refractivity contribution is 0.101. The van der Waals surface area contributed by atoms with Crippen molar-refractivity contribution in [3.05, 3.63) is 66.2 Å². The lowest BCUT2D eigenvalue weighted by Gasteiger charge is -2.27. The van der Waals surface area contributed by atoms with E-state index in [0.717, 1.165) is 24.5 Å².